The van der Waals surface area contributed by atoms with Gasteiger partial charge in [-0.3, -0.25) is 10.1 Å². The quantitative estimate of drug-likeness (QED) is 0.816. The Morgan fingerprint density at radius 3 is 2.59 bits per heavy atom. The van der Waals surface area contributed by atoms with Gasteiger partial charge in [-0.1, -0.05) is 30.3 Å². The molecule has 2 heterocycles. The molecular weight excluding hydrogens is 376 g/mol. The molecule has 1 aliphatic rings. The third-order valence-corrected chi connectivity index (χ3v) is 4.12. The van der Waals surface area contributed by atoms with E-state index in [1.165, 1.54) is 11.0 Å². The standard InChI is InChI=1S/C20H24N4O5/c1-20(2,3)29-19(27)24-10-14(11-24)17-21-15(9-16(25)23-17)22-18(26)28-12-13-7-5-4-6-8-13/h4-9,14H,10-12H2,1-3H3,(H2,21,22,23,25,26). The predicted molar refractivity (Wildman–Crippen MR) is 106 cm³/mol. The Morgan fingerprint density at radius 1 is 1.24 bits per heavy atom. The summed E-state index contributed by atoms with van der Waals surface area (Å²) in [6.45, 7) is 6.25. The molecule has 0 aliphatic carbocycles. The van der Waals surface area contributed by atoms with Gasteiger partial charge in [-0.15, -0.1) is 0 Å². The fourth-order valence-electron chi connectivity index (χ4n) is 2.72. The summed E-state index contributed by atoms with van der Waals surface area (Å²) in [5.41, 5.74) is -0.124. The molecule has 3 rings (SSSR count). The number of nitrogens with zero attached hydrogens (tertiary/aromatic N) is 2. The number of hydrogen-bond donors (Lipinski definition) is 2. The Balaban J connectivity index is 1.56. The summed E-state index contributed by atoms with van der Waals surface area (Å²) in [5, 5.41) is 2.46. The largest absolute Gasteiger partial charge is 0.444 e. The van der Waals surface area contributed by atoms with E-state index in [2.05, 4.69) is 15.3 Å². The van der Waals surface area contributed by atoms with Crippen molar-refractivity contribution in [3.8, 4) is 0 Å². The second-order valence-electron chi connectivity index (χ2n) is 7.78. The lowest BCUT2D eigenvalue weighted by molar-refractivity contribution is 0.00752. The summed E-state index contributed by atoms with van der Waals surface area (Å²) in [6.07, 6.45) is -1.11. The molecule has 154 valence electrons. The van der Waals surface area contributed by atoms with Crippen molar-refractivity contribution in [2.24, 2.45) is 0 Å². The monoisotopic (exact) mass is 400 g/mol. The van der Waals surface area contributed by atoms with E-state index < -0.39 is 23.3 Å². The van der Waals surface area contributed by atoms with Crippen LogP contribution >= 0.6 is 0 Å². The maximum atomic E-state index is 12.0. The van der Waals surface area contributed by atoms with Crippen LogP contribution in [0.1, 0.15) is 38.1 Å². The van der Waals surface area contributed by atoms with Crippen molar-refractivity contribution in [3.63, 3.8) is 0 Å². The maximum Gasteiger partial charge on any atom is 0.413 e. The molecule has 0 radical (unpaired) electrons. The van der Waals surface area contributed by atoms with Gasteiger partial charge in [0.15, 0.2) is 0 Å². The molecule has 0 atom stereocenters. The first-order chi connectivity index (χ1) is 13.7. The van der Waals surface area contributed by atoms with E-state index in [1.54, 1.807) is 20.8 Å². The number of carbonyl (C=O) groups excluding carboxylic acids is 2. The Morgan fingerprint density at radius 2 is 1.93 bits per heavy atom. The molecule has 9 heteroatoms. The summed E-state index contributed by atoms with van der Waals surface area (Å²) in [4.78, 5) is 44.4. The summed E-state index contributed by atoms with van der Waals surface area (Å²) in [5.74, 6) is 0.352. The van der Waals surface area contributed by atoms with Crippen molar-refractivity contribution in [2.45, 2.75) is 38.9 Å². The smallest absolute Gasteiger partial charge is 0.413 e. The highest BCUT2D eigenvalue weighted by Gasteiger charge is 2.36. The first kappa shape index (κ1) is 20.4. The number of nitrogens with one attached hydrogen (secondary N) is 2. The lowest BCUT2D eigenvalue weighted by Gasteiger charge is -2.39. The number of aromatic nitrogens is 2. The molecule has 9 nitrogen and oxygen atoms in total. The SMILES string of the molecule is CC(C)(C)OC(=O)N1CC(c2nc(NC(=O)OCc3ccccc3)cc(=O)[nH]2)C1. The van der Waals surface area contributed by atoms with Crippen molar-refractivity contribution >= 4 is 18.0 Å². The molecule has 29 heavy (non-hydrogen) atoms. The summed E-state index contributed by atoms with van der Waals surface area (Å²) in [7, 11) is 0. The second kappa shape index (κ2) is 8.34. The molecule has 2 aromatic rings. The maximum absolute atomic E-state index is 12.0. The van der Waals surface area contributed by atoms with E-state index >= 15 is 0 Å². The fourth-order valence-corrected chi connectivity index (χ4v) is 2.72. The average Bonchev–Trinajstić information content (AvgIpc) is 2.57. The highest BCUT2D eigenvalue weighted by atomic mass is 16.6. The summed E-state index contributed by atoms with van der Waals surface area (Å²) in [6, 6.07) is 10.4. The van der Waals surface area contributed by atoms with Crippen molar-refractivity contribution in [2.75, 3.05) is 18.4 Å². The van der Waals surface area contributed by atoms with Crippen molar-refractivity contribution in [3.05, 3.63) is 58.1 Å². The molecule has 1 aromatic carbocycles. The van der Waals surface area contributed by atoms with Gasteiger partial charge in [-0.05, 0) is 26.3 Å². The molecule has 2 amide bonds. The van der Waals surface area contributed by atoms with Gasteiger partial charge in [-0.2, -0.15) is 0 Å². The molecule has 1 saturated heterocycles. The Labute approximate surface area is 168 Å². The zero-order valence-electron chi connectivity index (χ0n) is 16.6. The Kier molecular flexibility index (Phi) is 5.86. The molecule has 1 aromatic heterocycles. The normalized spacial score (nSPS) is 14.1. The van der Waals surface area contributed by atoms with Crippen LogP contribution < -0.4 is 10.9 Å². The van der Waals surface area contributed by atoms with E-state index in [1.807, 2.05) is 30.3 Å². The first-order valence-corrected chi connectivity index (χ1v) is 9.26. The third-order valence-electron chi connectivity index (χ3n) is 4.12. The van der Waals surface area contributed by atoms with Crippen LogP contribution in [0.15, 0.2) is 41.2 Å². The number of rotatable bonds is 4. The number of hydrogen-bond acceptors (Lipinski definition) is 6. The van der Waals surface area contributed by atoms with Gasteiger partial charge < -0.3 is 19.4 Å². The van der Waals surface area contributed by atoms with Crippen LogP contribution in [0.4, 0.5) is 15.4 Å². The van der Waals surface area contributed by atoms with Crippen molar-refractivity contribution in [1.82, 2.24) is 14.9 Å². The van der Waals surface area contributed by atoms with Crippen molar-refractivity contribution < 1.29 is 19.1 Å². The van der Waals surface area contributed by atoms with Gasteiger partial charge >= 0.3 is 12.2 Å². The number of likely N-dealkylation sites (tertiary alicyclic amines) is 1. The van der Waals surface area contributed by atoms with Crippen LogP contribution in [0, 0.1) is 0 Å². The van der Waals surface area contributed by atoms with Crippen LogP contribution in [0.25, 0.3) is 0 Å². The van der Waals surface area contributed by atoms with Crippen LogP contribution in [-0.4, -0.2) is 45.7 Å². The fraction of sp³-hybridized carbons (Fsp3) is 0.400. The van der Waals surface area contributed by atoms with Gasteiger partial charge in [0, 0.05) is 19.2 Å². The highest BCUT2D eigenvalue weighted by Crippen LogP contribution is 2.26. The van der Waals surface area contributed by atoms with E-state index in [9.17, 15) is 14.4 Å². The zero-order valence-corrected chi connectivity index (χ0v) is 16.6. The molecule has 0 spiro atoms. The van der Waals surface area contributed by atoms with E-state index in [0.717, 1.165) is 5.56 Å². The van der Waals surface area contributed by atoms with Crippen LogP contribution in [0.5, 0.6) is 0 Å². The number of carbonyl (C=O) groups is 2. The Hall–Kier alpha value is -3.36. The first-order valence-electron chi connectivity index (χ1n) is 9.26. The number of H-pyrrole nitrogens is 1. The van der Waals surface area contributed by atoms with Crippen LogP contribution in [0.2, 0.25) is 0 Å². The van der Waals surface area contributed by atoms with E-state index in [-0.39, 0.29) is 18.3 Å². The highest BCUT2D eigenvalue weighted by molar-refractivity contribution is 5.83. The number of ether oxygens (including phenoxy) is 2. The van der Waals surface area contributed by atoms with Gasteiger partial charge in [0.25, 0.3) is 5.56 Å². The van der Waals surface area contributed by atoms with Crippen LogP contribution in [-0.2, 0) is 16.1 Å². The molecular formula is C20H24N4O5. The topological polar surface area (TPSA) is 114 Å². The number of anilines is 1. The van der Waals surface area contributed by atoms with Gasteiger partial charge in [0.1, 0.15) is 23.9 Å². The predicted octanol–water partition coefficient (Wildman–Crippen LogP) is 2.85. The number of aromatic amines is 1. The van der Waals surface area contributed by atoms with Gasteiger partial charge in [0.2, 0.25) is 0 Å². The molecule has 0 saturated carbocycles. The van der Waals surface area contributed by atoms with E-state index in [4.69, 9.17) is 9.47 Å². The summed E-state index contributed by atoms with van der Waals surface area (Å²) < 4.78 is 10.4. The molecule has 0 unspecified atom stereocenters. The van der Waals surface area contributed by atoms with Crippen molar-refractivity contribution in [1.29, 1.82) is 0 Å². The number of amides is 2. The zero-order chi connectivity index (χ0) is 21.0. The lowest BCUT2D eigenvalue weighted by Crippen LogP contribution is -2.51. The van der Waals surface area contributed by atoms with E-state index in [0.29, 0.717) is 18.9 Å². The minimum absolute atomic E-state index is 0.0949. The molecule has 1 aliphatic heterocycles. The molecule has 0 bridgehead atoms. The molecule has 2 N–H and O–H groups in total. The summed E-state index contributed by atoms with van der Waals surface area (Å²) >= 11 is 0. The minimum atomic E-state index is -0.707. The number of benzene rings is 1. The average molecular weight is 400 g/mol. The second-order valence-corrected chi connectivity index (χ2v) is 7.78. The molecule has 1 fully saturated rings. The minimum Gasteiger partial charge on any atom is -0.444 e. The third kappa shape index (κ3) is 5.81. The van der Waals surface area contributed by atoms with Crippen LogP contribution in [0.3, 0.4) is 0 Å². The lowest BCUT2D eigenvalue weighted by atomic mass is 10.00. The van der Waals surface area contributed by atoms with Gasteiger partial charge in [0.05, 0.1) is 5.92 Å². The van der Waals surface area contributed by atoms with Gasteiger partial charge in [-0.25, -0.2) is 14.6 Å². The Bertz CT molecular complexity index is 930.